The molecular weight excluding hydrogens is 392 g/mol. The minimum absolute atomic E-state index is 0.144. The van der Waals surface area contributed by atoms with E-state index in [1.165, 1.54) is 48.5 Å². The zero-order valence-corrected chi connectivity index (χ0v) is 16.3. The molecule has 0 amide bonds. The van der Waals surface area contributed by atoms with Crippen molar-refractivity contribution in [3.05, 3.63) is 59.7 Å². The first-order chi connectivity index (χ1) is 14.4. The van der Waals surface area contributed by atoms with Gasteiger partial charge in [-0.1, -0.05) is 0 Å². The molecular formula is C22H18O8. The molecule has 0 heterocycles. The molecule has 0 atom stereocenters. The average molecular weight is 410 g/mol. The Labute approximate surface area is 172 Å². The largest absolute Gasteiger partial charge is 0.462 e. The molecule has 0 aromatic heterocycles. The van der Waals surface area contributed by atoms with Crippen molar-refractivity contribution in [2.45, 2.75) is 13.8 Å². The smallest absolute Gasteiger partial charge is 0.390 e. The summed E-state index contributed by atoms with van der Waals surface area (Å²) in [6, 6.07) is 11.3. The molecule has 0 saturated heterocycles. The lowest BCUT2D eigenvalue weighted by Gasteiger charge is -2.03. The Bertz CT molecular complexity index is 899. The standard InChI is InChI=1S/C22H18O8/c1-3-27-21(25)15-5-9-17(10-6-15)29-19(23)13-14-20(24)30-18-11-7-16(8-12-18)22(26)28-4-2/h5-12H,3-4H2,1-2H3. The van der Waals surface area contributed by atoms with Crippen LogP contribution in [0.2, 0.25) is 0 Å². The number of carbonyl (C=O) groups is 4. The summed E-state index contributed by atoms with van der Waals surface area (Å²) in [7, 11) is 0. The maximum Gasteiger partial charge on any atom is 0.390 e. The van der Waals surface area contributed by atoms with Crippen molar-refractivity contribution in [3.63, 3.8) is 0 Å². The second-order valence-corrected chi connectivity index (χ2v) is 5.52. The van der Waals surface area contributed by atoms with Crippen LogP contribution in [-0.4, -0.2) is 37.1 Å². The first kappa shape index (κ1) is 22.2. The van der Waals surface area contributed by atoms with Gasteiger partial charge in [-0.2, -0.15) is 0 Å². The van der Waals surface area contributed by atoms with Gasteiger partial charge in [0, 0.05) is 11.8 Å². The SMILES string of the molecule is CCOC(=O)c1ccc(OC(=O)C#CC(=O)Oc2ccc(C(=O)OCC)cc2)cc1. The maximum atomic E-state index is 11.7. The fourth-order valence-corrected chi connectivity index (χ4v) is 2.11. The van der Waals surface area contributed by atoms with E-state index in [1.54, 1.807) is 13.8 Å². The van der Waals surface area contributed by atoms with Gasteiger partial charge in [-0.05, 0) is 62.4 Å². The van der Waals surface area contributed by atoms with Crippen molar-refractivity contribution < 1.29 is 38.1 Å². The van der Waals surface area contributed by atoms with Gasteiger partial charge in [0.05, 0.1) is 24.3 Å². The van der Waals surface area contributed by atoms with Gasteiger partial charge >= 0.3 is 23.9 Å². The summed E-state index contributed by atoms with van der Waals surface area (Å²) in [5.41, 5.74) is 0.612. The Morgan fingerprint density at radius 3 is 1.27 bits per heavy atom. The van der Waals surface area contributed by atoms with Crippen LogP contribution in [0.4, 0.5) is 0 Å². The number of esters is 4. The van der Waals surface area contributed by atoms with Crippen LogP contribution in [0, 0.1) is 11.8 Å². The first-order valence-electron chi connectivity index (χ1n) is 8.93. The molecule has 0 fully saturated rings. The molecule has 0 saturated carbocycles. The van der Waals surface area contributed by atoms with E-state index in [-0.39, 0.29) is 24.7 Å². The number of rotatable bonds is 6. The molecule has 0 aliphatic rings. The Morgan fingerprint density at radius 1 is 0.633 bits per heavy atom. The number of carbonyl (C=O) groups excluding carboxylic acids is 4. The van der Waals surface area contributed by atoms with E-state index in [0.717, 1.165) is 0 Å². The lowest BCUT2D eigenvalue weighted by Crippen LogP contribution is -2.09. The highest BCUT2D eigenvalue weighted by molar-refractivity contribution is 5.99. The zero-order valence-electron chi connectivity index (χ0n) is 16.3. The third kappa shape index (κ3) is 6.80. The van der Waals surface area contributed by atoms with E-state index in [2.05, 4.69) is 0 Å². The minimum Gasteiger partial charge on any atom is -0.462 e. The predicted octanol–water partition coefficient (Wildman–Crippen LogP) is 2.55. The minimum atomic E-state index is -0.978. The molecule has 8 nitrogen and oxygen atoms in total. The van der Waals surface area contributed by atoms with Crippen molar-refractivity contribution in [1.29, 1.82) is 0 Å². The van der Waals surface area contributed by atoms with Crippen LogP contribution in [0.5, 0.6) is 11.5 Å². The summed E-state index contributed by atoms with van der Waals surface area (Å²) < 4.78 is 19.6. The molecule has 0 spiro atoms. The van der Waals surface area contributed by atoms with Gasteiger partial charge in [-0.25, -0.2) is 19.2 Å². The van der Waals surface area contributed by atoms with Crippen LogP contribution in [0.15, 0.2) is 48.5 Å². The first-order valence-corrected chi connectivity index (χ1v) is 8.93. The molecule has 0 aliphatic heterocycles. The van der Waals surface area contributed by atoms with Crippen molar-refractivity contribution in [2.75, 3.05) is 13.2 Å². The van der Waals surface area contributed by atoms with Crippen LogP contribution < -0.4 is 9.47 Å². The van der Waals surface area contributed by atoms with Crippen molar-refractivity contribution >= 4 is 23.9 Å². The fourth-order valence-electron chi connectivity index (χ4n) is 2.11. The van der Waals surface area contributed by atoms with Gasteiger partial charge in [-0.15, -0.1) is 0 Å². The molecule has 0 N–H and O–H groups in total. The molecule has 2 rings (SSSR count). The lowest BCUT2D eigenvalue weighted by atomic mass is 10.2. The van der Waals surface area contributed by atoms with Crippen LogP contribution in [-0.2, 0) is 19.1 Å². The third-order valence-electron chi connectivity index (χ3n) is 3.42. The van der Waals surface area contributed by atoms with Gasteiger partial charge in [0.25, 0.3) is 0 Å². The molecule has 0 unspecified atom stereocenters. The van der Waals surface area contributed by atoms with Crippen LogP contribution in [0.1, 0.15) is 34.6 Å². The molecule has 154 valence electrons. The topological polar surface area (TPSA) is 105 Å². The van der Waals surface area contributed by atoms with Gasteiger partial charge in [-0.3, -0.25) is 0 Å². The fraction of sp³-hybridized carbons (Fsp3) is 0.182. The Hall–Kier alpha value is -4.12. The van der Waals surface area contributed by atoms with E-state index in [9.17, 15) is 19.2 Å². The summed E-state index contributed by atoms with van der Waals surface area (Å²) in [5, 5.41) is 0. The summed E-state index contributed by atoms with van der Waals surface area (Å²) >= 11 is 0. The van der Waals surface area contributed by atoms with Crippen molar-refractivity contribution in [2.24, 2.45) is 0 Å². The van der Waals surface area contributed by atoms with E-state index >= 15 is 0 Å². The number of ether oxygens (including phenoxy) is 4. The highest BCUT2D eigenvalue weighted by atomic mass is 16.5. The van der Waals surface area contributed by atoms with Gasteiger partial charge in [0.2, 0.25) is 0 Å². The van der Waals surface area contributed by atoms with Gasteiger partial charge in [0.15, 0.2) is 0 Å². The molecule has 2 aromatic rings. The van der Waals surface area contributed by atoms with Gasteiger partial charge < -0.3 is 18.9 Å². The van der Waals surface area contributed by atoms with Crippen LogP contribution in [0.25, 0.3) is 0 Å². The van der Waals surface area contributed by atoms with E-state index in [0.29, 0.717) is 11.1 Å². The monoisotopic (exact) mass is 410 g/mol. The molecule has 8 heteroatoms. The predicted molar refractivity (Wildman–Crippen MR) is 104 cm³/mol. The highest BCUT2D eigenvalue weighted by Crippen LogP contribution is 2.14. The normalized spacial score (nSPS) is 9.53. The summed E-state index contributed by atoms with van der Waals surface area (Å²) in [5.74, 6) is 1.35. The molecule has 0 radical (unpaired) electrons. The van der Waals surface area contributed by atoms with E-state index in [4.69, 9.17) is 18.9 Å². The Morgan fingerprint density at radius 2 is 0.967 bits per heavy atom. The molecule has 0 aliphatic carbocycles. The molecule has 2 aromatic carbocycles. The number of benzene rings is 2. The van der Waals surface area contributed by atoms with Crippen LogP contribution >= 0.6 is 0 Å². The average Bonchev–Trinajstić information content (AvgIpc) is 2.73. The number of hydrogen-bond donors (Lipinski definition) is 0. The molecule has 30 heavy (non-hydrogen) atoms. The lowest BCUT2D eigenvalue weighted by molar-refractivity contribution is -0.130. The summed E-state index contributed by atoms with van der Waals surface area (Å²) in [6.45, 7) is 3.88. The van der Waals surface area contributed by atoms with Gasteiger partial charge in [0.1, 0.15) is 11.5 Å². The highest BCUT2D eigenvalue weighted by Gasteiger charge is 2.09. The zero-order chi connectivity index (χ0) is 21.9. The molecule has 0 bridgehead atoms. The third-order valence-corrected chi connectivity index (χ3v) is 3.42. The van der Waals surface area contributed by atoms with E-state index in [1.807, 2.05) is 11.8 Å². The Balaban J connectivity index is 1.89. The second kappa shape index (κ2) is 11.0. The van der Waals surface area contributed by atoms with Crippen molar-refractivity contribution in [3.8, 4) is 23.3 Å². The van der Waals surface area contributed by atoms with Crippen molar-refractivity contribution in [1.82, 2.24) is 0 Å². The summed E-state index contributed by atoms with van der Waals surface area (Å²) in [4.78, 5) is 46.6. The second-order valence-electron chi connectivity index (χ2n) is 5.52. The number of hydrogen-bond acceptors (Lipinski definition) is 8. The Kier molecular flexibility index (Phi) is 8.15. The maximum absolute atomic E-state index is 11.7. The summed E-state index contributed by atoms with van der Waals surface area (Å²) in [6.07, 6.45) is 0. The van der Waals surface area contributed by atoms with E-state index < -0.39 is 23.9 Å². The quantitative estimate of drug-likeness (QED) is 0.310. The van der Waals surface area contributed by atoms with Crippen LogP contribution in [0.3, 0.4) is 0 Å².